The number of hydrogen-bond acceptors (Lipinski definition) is 4. The minimum absolute atomic E-state index is 0.293. The van der Waals surface area contributed by atoms with Crippen molar-refractivity contribution >= 4 is 22.1 Å². The van der Waals surface area contributed by atoms with Gasteiger partial charge in [0, 0.05) is 25.7 Å². The SMILES string of the molecule is CN=CC1(c2ncc(Br)cn2)CC(C)(O)C1. The lowest BCUT2D eigenvalue weighted by Crippen LogP contribution is -2.54. The Bertz CT molecular complexity index is 406. The van der Waals surface area contributed by atoms with Crippen LogP contribution in [-0.2, 0) is 5.41 Å². The zero-order chi connectivity index (χ0) is 11.8. The Hall–Kier alpha value is -0.810. The zero-order valence-corrected chi connectivity index (χ0v) is 10.9. The van der Waals surface area contributed by atoms with Gasteiger partial charge in [-0.1, -0.05) is 0 Å². The lowest BCUT2D eigenvalue weighted by atomic mass is 9.60. The van der Waals surface area contributed by atoms with Gasteiger partial charge in [-0.3, -0.25) is 4.99 Å². The van der Waals surface area contributed by atoms with Crippen molar-refractivity contribution in [2.24, 2.45) is 4.99 Å². The van der Waals surface area contributed by atoms with Crippen molar-refractivity contribution in [2.75, 3.05) is 7.05 Å². The molecular weight excluding hydrogens is 270 g/mol. The van der Waals surface area contributed by atoms with Crippen LogP contribution in [0.2, 0.25) is 0 Å². The van der Waals surface area contributed by atoms with E-state index in [1.165, 1.54) is 0 Å². The number of aliphatic hydroxyl groups is 1. The van der Waals surface area contributed by atoms with Gasteiger partial charge in [0.05, 0.1) is 15.5 Å². The molecule has 1 aliphatic carbocycles. The number of halogens is 1. The fourth-order valence-corrected chi connectivity index (χ4v) is 2.64. The lowest BCUT2D eigenvalue weighted by Gasteiger charge is -2.48. The fourth-order valence-electron chi connectivity index (χ4n) is 2.43. The van der Waals surface area contributed by atoms with E-state index in [0.717, 1.165) is 10.3 Å². The predicted octanol–water partition coefficient (Wildman–Crippen LogP) is 1.72. The summed E-state index contributed by atoms with van der Waals surface area (Å²) in [6.07, 6.45) is 6.54. The minimum atomic E-state index is -0.627. The Labute approximate surface area is 103 Å². The highest BCUT2D eigenvalue weighted by atomic mass is 79.9. The van der Waals surface area contributed by atoms with Gasteiger partial charge >= 0.3 is 0 Å². The molecule has 0 unspecified atom stereocenters. The van der Waals surface area contributed by atoms with Crippen LogP contribution >= 0.6 is 15.9 Å². The third-order valence-electron chi connectivity index (χ3n) is 2.83. The number of aromatic nitrogens is 2. The molecule has 1 aliphatic rings. The van der Waals surface area contributed by atoms with Crippen LogP contribution in [0.3, 0.4) is 0 Å². The average Bonchev–Trinajstić information content (AvgIpc) is 2.16. The Balaban J connectivity index is 2.32. The van der Waals surface area contributed by atoms with E-state index in [1.807, 2.05) is 13.1 Å². The third kappa shape index (κ3) is 2.01. The van der Waals surface area contributed by atoms with Gasteiger partial charge in [-0.25, -0.2) is 9.97 Å². The molecule has 1 fully saturated rings. The molecule has 1 saturated carbocycles. The molecule has 5 heteroatoms. The first kappa shape index (κ1) is 11.7. The highest BCUT2D eigenvalue weighted by Gasteiger charge is 2.53. The molecule has 0 aromatic carbocycles. The van der Waals surface area contributed by atoms with Crippen LogP contribution in [0.25, 0.3) is 0 Å². The van der Waals surface area contributed by atoms with Gasteiger partial charge in [0.2, 0.25) is 0 Å². The normalized spacial score (nSPS) is 34.0. The molecule has 1 N–H and O–H groups in total. The Morgan fingerprint density at radius 1 is 1.44 bits per heavy atom. The first-order valence-corrected chi connectivity index (χ1v) is 5.90. The number of nitrogens with zero attached hydrogens (tertiary/aromatic N) is 3. The molecule has 16 heavy (non-hydrogen) atoms. The summed E-state index contributed by atoms with van der Waals surface area (Å²) in [5.74, 6) is 0.729. The van der Waals surface area contributed by atoms with Gasteiger partial charge in [0.1, 0.15) is 5.82 Å². The first-order valence-electron chi connectivity index (χ1n) is 5.11. The van der Waals surface area contributed by atoms with E-state index < -0.39 is 5.60 Å². The van der Waals surface area contributed by atoms with Gasteiger partial charge in [0.25, 0.3) is 0 Å². The molecule has 0 bridgehead atoms. The molecule has 1 heterocycles. The maximum atomic E-state index is 9.86. The van der Waals surface area contributed by atoms with Crippen molar-refractivity contribution in [1.82, 2.24) is 9.97 Å². The molecule has 2 rings (SSSR count). The molecule has 0 aliphatic heterocycles. The molecule has 0 atom stereocenters. The predicted molar refractivity (Wildman–Crippen MR) is 65.7 cm³/mol. The van der Waals surface area contributed by atoms with Crippen LogP contribution in [0.4, 0.5) is 0 Å². The van der Waals surface area contributed by atoms with E-state index in [1.54, 1.807) is 19.4 Å². The Morgan fingerprint density at radius 3 is 2.44 bits per heavy atom. The molecule has 0 amide bonds. The van der Waals surface area contributed by atoms with Crippen LogP contribution < -0.4 is 0 Å². The van der Waals surface area contributed by atoms with Crippen LogP contribution in [0.5, 0.6) is 0 Å². The van der Waals surface area contributed by atoms with Crippen LogP contribution in [0, 0.1) is 0 Å². The molecular formula is C11H14BrN3O. The summed E-state index contributed by atoms with van der Waals surface area (Å²) in [4.78, 5) is 12.7. The van der Waals surface area contributed by atoms with Crippen LogP contribution in [0.15, 0.2) is 21.9 Å². The minimum Gasteiger partial charge on any atom is -0.390 e. The van der Waals surface area contributed by atoms with Crippen molar-refractivity contribution in [3.63, 3.8) is 0 Å². The molecule has 0 saturated heterocycles. The third-order valence-corrected chi connectivity index (χ3v) is 3.24. The maximum Gasteiger partial charge on any atom is 0.139 e. The van der Waals surface area contributed by atoms with Gasteiger partial charge < -0.3 is 5.11 Å². The summed E-state index contributed by atoms with van der Waals surface area (Å²) in [7, 11) is 1.73. The molecule has 0 spiro atoms. The van der Waals surface area contributed by atoms with Gasteiger partial charge in [-0.15, -0.1) is 0 Å². The number of aliphatic imine (C=N–C) groups is 1. The van der Waals surface area contributed by atoms with E-state index in [-0.39, 0.29) is 5.41 Å². The summed E-state index contributed by atoms with van der Waals surface area (Å²) in [5.41, 5.74) is -0.920. The van der Waals surface area contributed by atoms with Gasteiger partial charge in [0.15, 0.2) is 0 Å². The van der Waals surface area contributed by atoms with Crippen molar-refractivity contribution in [2.45, 2.75) is 30.8 Å². The quantitative estimate of drug-likeness (QED) is 0.841. The van der Waals surface area contributed by atoms with Gasteiger partial charge in [-0.2, -0.15) is 0 Å². The second-order valence-electron chi connectivity index (χ2n) is 4.62. The topological polar surface area (TPSA) is 58.4 Å². The fraction of sp³-hybridized carbons (Fsp3) is 0.545. The molecule has 86 valence electrons. The Kier molecular flexibility index (Phi) is 2.84. The first-order chi connectivity index (χ1) is 7.47. The highest BCUT2D eigenvalue weighted by Crippen LogP contribution is 2.47. The van der Waals surface area contributed by atoms with Crippen molar-refractivity contribution < 1.29 is 5.11 Å². The molecule has 1 aromatic rings. The number of hydrogen-bond donors (Lipinski definition) is 1. The lowest BCUT2D eigenvalue weighted by molar-refractivity contribution is -0.0523. The number of rotatable bonds is 2. The molecule has 4 nitrogen and oxygen atoms in total. The standard InChI is InChI=1S/C11H14BrN3O/c1-10(16)5-11(6-10,7-13-2)9-14-3-8(12)4-15-9/h3-4,7,16H,5-6H2,1-2H3. The second-order valence-corrected chi connectivity index (χ2v) is 5.53. The van der Waals surface area contributed by atoms with E-state index in [9.17, 15) is 5.11 Å². The summed E-state index contributed by atoms with van der Waals surface area (Å²) in [5, 5.41) is 9.86. The van der Waals surface area contributed by atoms with Crippen LogP contribution in [0.1, 0.15) is 25.6 Å². The summed E-state index contributed by atoms with van der Waals surface area (Å²) in [6, 6.07) is 0. The summed E-state index contributed by atoms with van der Waals surface area (Å²) >= 11 is 3.31. The van der Waals surface area contributed by atoms with Crippen molar-refractivity contribution in [1.29, 1.82) is 0 Å². The van der Waals surface area contributed by atoms with Crippen LogP contribution in [-0.4, -0.2) is 33.9 Å². The van der Waals surface area contributed by atoms with Gasteiger partial charge in [-0.05, 0) is 35.7 Å². The van der Waals surface area contributed by atoms with E-state index in [2.05, 4.69) is 30.9 Å². The molecule has 1 aromatic heterocycles. The summed E-state index contributed by atoms with van der Waals surface area (Å²) < 4.78 is 0.853. The zero-order valence-electron chi connectivity index (χ0n) is 9.31. The van der Waals surface area contributed by atoms with Crippen molar-refractivity contribution in [3.05, 3.63) is 22.7 Å². The monoisotopic (exact) mass is 283 g/mol. The highest BCUT2D eigenvalue weighted by molar-refractivity contribution is 9.10. The van der Waals surface area contributed by atoms with E-state index >= 15 is 0 Å². The molecule has 0 radical (unpaired) electrons. The average molecular weight is 284 g/mol. The van der Waals surface area contributed by atoms with E-state index in [4.69, 9.17) is 0 Å². The van der Waals surface area contributed by atoms with E-state index in [0.29, 0.717) is 12.8 Å². The van der Waals surface area contributed by atoms with Crippen molar-refractivity contribution in [3.8, 4) is 0 Å². The largest absolute Gasteiger partial charge is 0.390 e. The Morgan fingerprint density at radius 2 is 2.00 bits per heavy atom. The second kappa shape index (κ2) is 3.89. The maximum absolute atomic E-state index is 9.86. The smallest absolute Gasteiger partial charge is 0.139 e. The summed E-state index contributed by atoms with van der Waals surface area (Å²) in [6.45, 7) is 1.83.